The third kappa shape index (κ3) is 3.29. The van der Waals surface area contributed by atoms with E-state index in [1.165, 1.54) is 0 Å². The number of para-hydroxylation sites is 1. The smallest absolute Gasteiger partial charge is 0.335 e. The number of carbonyl (C=O) groups is 1. The van der Waals surface area contributed by atoms with Gasteiger partial charge in [0.15, 0.2) is 0 Å². The minimum Gasteiger partial charge on any atom is -0.488 e. The first-order valence-corrected chi connectivity index (χ1v) is 8.72. The van der Waals surface area contributed by atoms with E-state index in [-0.39, 0.29) is 5.56 Å². The number of aromatic carboxylic acids is 1. The largest absolute Gasteiger partial charge is 0.488 e. The predicted molar refractivity (Wildman–Crippen MR) is 106 cm³/mol. The van der Waals surface area contributed by atoms with Gasteiger partial charge in [-0.05, 0) is 23.8 Å². The van der Waals surface area contributed by atoms with Gasteiger partial charge in [0.2, 0.25) is 0 Å². The van der Waals surface area contributed by atoms with Crippen LogP contribution in [0.5, 0.6) is 5.75 Å². The summed E-state index contributed by atoms with van der Waals surface area (Å²) in [5, 5.41) is 10.3. The minimum atomic E-state index is -0.925. The van der Waals surface area contributed by atoms with E-state index in [4.69, 9.17) is 4.74 Å². The molecule has 27 heavy (non-hydrogen) atoms. The summed E-state index contributed by atoms with van der Waals surface area (Å²) in [6, 6.07) is 23.2. The van der Waals surface area contributed by atoms with Gasteiger partial charge in [-0.1, -0.05) is 54.6 Å². The van der Waals surface area contributed by atoms with Crippen LogP contribution >= 0.6 is 0 Å². The highest BCUT2D eigenvalue weighted by Crippen LogP contribution is 2.36. The lowest BCUT2D eigenvalue weighted by Gasteiger charge is -2.11. The molecule has 4 aromatic rings. The summed E-state index contributed by atoms with van der Waals surface area (Å²) in [4.78, 5) is 11.3. The van der Waals surface area contributed by atoms with Crippen LogP contribution in [0.15, 0.2) is 79.0 Å². The highest BCUT2D eigenvalue weighted by atomic mass is 16.5. The van der Waals surface area contributed by atoms with Crippen LogP contribution in [0.1, 0.15) is 15.9 Å². The fourth-order valence-corrected chi connectivity index (χ4v) is 3.28. The molecule has 134 valence electrons. The second-order valence-corrected chi connectivity index (χ2v) is 6.46. The SMILES string of the molecule is Cn1cc(-c2ccccc2OCc2ccccc2)c2ccc(C(=O)O)cc21. The van der Waals surface area contributed by atoms with Crippen molar-refractivity contribution in [2.75, 3.05) is 0 Å². The van der Waals surface area contributed by atoms with Crippen LogP contribution in [0.25, 0.3) is 22.0 Å². The van der Waals surface area contributed by atoms with Gasteiger partial charge in [0.1, 0.15) is 12.4 Å². The van der Waals surface area contributed by atoms with Crippen LogP contribution in [-0.2, 0) is 13.7 Å². The second kappa shape index (κ2) is 7.00. The Kier molecular flexibility index (Phi) is 4.38. The Hall–Kier alpha value is -3.53. The van der Waals surface area contributed by atoms with E-state index in [9.17, 15) is 9.90 Å². The Bertz CT molecular complexity index is 1110. The number of aryl methyl sites for hydroxylation is 1. The number of nitrogens with zero attached hydrogens (tertiary/aromatic N) is 1. The molecule has 4 heteroatoms. The van der Waals surface area contributed by atoms with Crippen LogP contribution < -0.4 is 4.74 Å². The van der Waals surface area contributed by atoms with Gasteiger partial charge in [0, 0.05) is 35.3 Å². The normalized spacial score (nSPS) is 10.9. The van der Waals surface area contributed by atoms with Crippen LogP contribution in [0, 0.1) is 0 Å². The zero-order valence-electron chi connectivity index (χ0n) is 14.9. The highest BCUT2D eigenvalue weighted by molar-refractivity contribution is 6.01. The Morgan fingerprint density at radius 1 is 0.963 bits per heavy atom. The molecule has 4 nitrogen and oxygen atoms in total. The van der Waals surface area contributed by atoms with Gasteiger partial charge in [0.25, 0.3) is 0 Å². The topological polar surface area (TPSA) is 51.5 Å². The van der Waals surface area contributed by atoms with E-state index in [0.29, 0.717) is 6.61 Å². The molecular weight excluding hydrogens is 338 g/mol. The number of carboxylic acids is 1. The number of benzene rings is 3. The molecule has 0 aliphatic carbocycles. The Morgan fingerprint density at radius 2 is 1.70 bits per heavy atom. The van der Waals surface area contributed by atoms with Crippen molar-refractivity contribution in [2.24, 2.45) is 7.05 Å². The summed E-state index contributed by atoms with van der Waals surface area (Å²) >= 11 is 0. The molecule has 3 aromatic carbocycles. The maximum absolute atomic E-state index is 11.3. The van der Waals surface area contributed by atoms with E-state index < -0.39 is 5.97 Å². The third-order valence-corrected chi connectivity index (χ3v) is 4.65. The van der Waals surface area contributed by atoms with E-state index >= 15 is 0 Å². The van der Waals surface area contributed by atoms with Crippen LogP contribution in [0.4, 0.5) is 0 Å². The quantitative estimate of drug-likeness (QED) is 0.539. The van der Waals surface area contributed by atoms with Crippen molar-refractivity contribution in [3.05, 3.63) is 90.1 Å². The van der Waals surface area contributed by atoms with E-state index in [0.717, 1.165) is 33.3 Å². The molecule has 0 aliphatic heterocycles. The molecule has 0 bridgehead atoms. The fourth-order valence-electron chi connectivity index (χ4n) is 3.28. The molecule has 0 saturated carbocycles. The number of hydrogen-bond donors (Lipinski definition) is 1. The number of rotatable bonds is 5. The predicted octanol–water partition coefficient (Wildman–Crippen LogP) is 5.12. The summed E-state index contributed by atoms with van der Waals surface area (Å²) in [6.45, 7) is 0.492. The summed E-state index contributed by atoms with van der Waals surface area (Å²) in [6.07, 6.45) is 2.01. The van der Waals surface area contributed by atoms with Crippen molar-refractivity contribution in [2.45, 2.75) is 6.61 Å². The molecule has 0 fully saturated rings. The number of hydrogen-bond acceptors (Lipinski definition) is 2. The van der Waals surface area contributed by atoms with Crippen molar-refractivity contribution in [1.82, 2.24) is 4.57 Å². The second-order valence-electron chi connectivity index (χ2n) is 6.46. The number of fused-ring (bicyclic) bond motifs is 1. The first kappa shape index (κ1) is 16.9. The Balaban J connectivity index is 1.74. The molecule has 0 spiro atoms. The lowest BCUT2D eigenvalue weighted by molar-refractivity contribution is 0.0697. The first-order chi connectivity index (χ1) is 13.1. The molecule has 0 radical (unpaired) electrons. The minimum absolute atomic E-state index is 0.281. The van der Waals surface area contributed by atoms with E-state index in [1.807, 2.05) is 78.5 Å². The lowest BCUT2D eigenvalue weighted by Crippen LogP contribution is -1.97. The van der Waals surface area contributed by atoms with Crippen LogP contribution in [0.2, 0.25) is 0 Å². The number of aromatic nitrogens is 1. The van der Waals surface area contributed by atoms with Crippen LogP contribution in [-0.4, -0.2) is 15.6 Å². The summed E-state index contributed by atoms with van der Waals surface area (Å²) in [5.74, 6) is -0.123. The van der Waals surface area contributed by atoms with Gasteiger partial charge in [0.05, 0.1) is 5.56 Å². The average molecular weight is 357 g/mol. The lowest BCUT2D eigenvalue weighted by atomic mass is 10.0. The molecule has 1 aromatic heterocycles. The number of carboxylic acid groups (broad SMARTS) is 1. The maximum Gasteiger partial charge on any atom is 0.335 e. The van der Waals surface area contributed by atoms with Gasteiger partial charge in [-0.25, -0.2) is 4.79 Å². The maximum atomic E-state index is 11.3. The standard InChI is InChI=1S/C23H19NO3/c1-24-14-20(18-12-11-17(23(25)26)13-21(18)24)19-9-5-6-10-22(19)27-15-16-7-3-2-4-8-16/h2-14H,15H2,1H3,(H,25,26). The molecular formula is C23H19NO3. The van der Waals surface area contributed by atoms with Gasteiger partial charge in [-0.2, -0.15) is 0 Å². The highest BCUT2D eigenvalue weighted by Gasteiger charge is 2.14. The third-order valence-electron chi connectivity index (χ3n) is 4.65. The summed E-state index contributed by atoms with van der Waals surface area (Å²) < 4.78 is 8.04. The Labute approximate surface area is 157 Å². The monoisotopic (exact) mass is 357 g/mol. The molecule has 0 amide bonds. The van der Waals surface area contributed by atoms with Crippen LogP contribution in [0.3, 0.4) is 0 Å². The van der Waals surface area contributed by atoms with Crippen molar-refractivity contribution >= 4 is 16.9 Å². The van der Waals surface area contributed by atoms with Crippen molar-refractivity contribution in [3.8, 4) is 16.9 Å². The fraction of sp³-hybridized carbons (Fsp3) is 0.0870. The molecule has 0 unspecified atom stereocenters. The van der Waals surface area contributed by atoms with E-state index in [1.54, 1.807) is 12.1 Å². The summed E-state index contributed by atoms with van der Waals surface area (Å²) in [5.41, 5.74) is 4.28. The number of ether oxygens (including phenoxy) is 1. The molecule has 4 rings (SSSR count). The summed E-state index contributed by atoms with van der Waals surface area (Å²) in [7, 11) is 1.92. The van der Waals surface area contributed by atoms with E-state index in [2.05, 4.69) is 0 Å². The van der Waals surface area contributed by atoms with Crippen molar-refractivity contribution in [1.29, 1.82) is 0 Å². The Morgan fingerprint density at radius 3 is 2.48 bits per heavy atom. The molecule has 0 saturated heterocycles. The van der Waals surface area contributed by atoms with Gasteiger partial charge >= 0.3 is 5.97 Å². The van der Waals surface area contributed by atoms with Crippen molar-refractivity contribution in [3.63, 3.8) is 0 Å². The molecule has 1 N–H and O–H groups in total. The molecule has 0 aliphatic rings. The first-order valence-electron chi connectivity index (χ1n) is 8.72. The van der Waals surface area contributed by atoms with Gasteiger partial charge < -0.3 is 14.4 Å². The average Bonchev–Trinajstić information content (AvgIpc) is 3.03. The van der Waals surface area contributed by atoms with Gasteiger partial charge in [-0.15, -0.1) is 0 Å². The molecule has 1 heterocycles. The van der Waals surface area contributed by atoms with Gasteiger partial charge in [-0.3, -0.25) is 0 Å². The zero-order valence-corrected chi connectivity index (χ0v) is 14.9. The molecule has 0 atom stereocenters. The van der Waals surface area contributed by atoms with Crippen molar-refractivity contribution < 1.29 is 14.6 Å². The zero-order chi connectivity index (χ0) is 18.8.